The van der Waals surface area contributed by atoms with Gasteiger partial charge in [0.15, 0.2) is 5.78 Å². The van der Waals surface area contributed by atoms with Gasteiger partial charge in [-0.2, -0.15) is 0 Å². The fraction of sp³-hybridized carbons (Fsp3) is 0.375. The molecule has 1 aliphatic heterocycles. The van der Waals surface area contributed by atoms with Gasteiger partial charge in [0.25, 0.3) is 0 Å². The second-order valence-electron chi connectivity index (χ2n) is 7.98. The van der Waals surface area contributed by atoms with Crippen molar-refractivity contribution < 1.29 is 9.90 Å². The van der Waals surface area contributed by atoms with Gasteiger partial charge in [-0.05, 0) is 71.0 Å². The molecule has 2 aromatic carbocycles. The second kappa shape index (κ2) is 7.44. The average molecular weight is 377 g/mol. The summed E-state index contributed by atoms with van der Waals surface area (Å²) in [5.74, 6) is 0.320. The minimum atomic E-state index is 0.0406. The molecule has 0 bridgehead atoms. The molecule has 1 aliphatic rings. The third-order valence-corrected chi connectivity index (χ3v) is 5.93. The number of Topliss-reactive ketones (excluding diaryl/α,β-unsaturated/α-hetero) is 1. The van der Waals surface area contributed by atoms with E-state index in [1.807, 2.05) is 13.0 Å². The average Bonchev–Trinajstić information content (AvgIpc) is 2.98. The number of phenols is 1. The van der Waals surface area contributed by atoms with Crippen LogP contribution in [0.25, 0.3) is 16.6 Å². The number of hydrogen-bond acceptors (Lipinski definition) is 3. The molecule has 0 saturated carbocycles. The minimum absolute atomic E-state index is 0.0406. The van der Waals surface area contributed by atoms with Gasteiger partial charge in [-0.15, -0.1) is 0 Å². The Labute approximate surface area is 166 Å². The van der Waals surface area contributed by atoms with E-state index in [1.165, 1.54) is 24.8 Å². The van der Waals surface area contributed by atoms with Crippen LogP contribution in [-0.2, 0) is 6.54 Å². The summed E-state index contributed by atoms with van der Waals surface area (Å²) >= 11 is 0. The number of piperidine rings is 1. The quantitative estimate of drug-likeness (QED) is 0.641. The van der Waals surface area contributed by atoms with Crippen LogP contribution in [0.15, 0.2) is 36.4 Å². The number of carbonyl (C=O) groups is 1. The van der Waals surface area contributed by atoms with Gasteiger partial charge in [-0.1, -0.05) is 24.1 Å². The van der Waals surface area contributed by atoms with Crippen molar-refractivity contribution in [3.05, 3.63) is 58.8 Å². The minimum Gasteiger partial charge on any atom is -0.508 e. The van der Waals surface area contributed by atoms with E-state index in [2.05, 4.69) is 40.7 Å². The summed E-state index contributed by atoms with van der Waals surface area (Å²) in [5, 5.41) is 11.6. The third-order valence-electron chi connectivity index (χ3n) is 5.93. The predicted octanol–water partition coefficient (Wildman–Crippen LogP) is 5.14. The van der Waals surface area contributed by atoms with Crippen molar-refractivity contribution in [2.24, 2.45) is 0 Å². The Morgan fingerprint density at radius 1 is 1.00 bits per heavy atom. The lowest BCUT2D eigenvalue weighted by Crippen LogP contribution is -2.29. The molecular weight excluding hydrogens is 348 g/mol. The smallest absolute Gasteiger partial charge is 0.162 e. The summed E-state index contributed by atoms with van der Waals surface area (Å²) in [4.78, 5) is 15.0. The standard InChI is InChI=1S/C24H28N2O2/c1-16-7-9-19(10-8-16)26-17(2)23(18(3)27)24-20(22(28)12-11-21(24)26)15-25-13-5-4-6-14-25/h7-12,28H,4-6,13-15H2,1-3H3. The first-order valence-electron chi connectivity index (χ1n) is 10.1. The van der Waals surface area contributed by atoms with Crippen LogP contribution >= 0.6 is 0 Å². The lowest BCUT2D eigenvalue weighted by Gasteiger charge is -2.27. The summed E-state index contributed by atoms with van der Waals surface area (Å²) < 4.78 is 2.14. The second-order valence-corrected chi connectivity index (χ2v) is 7.98. The lowest BCUT2D eigenvalue weighted by atomic mass is 10.00. The van der Waals surface area contributed by atoms with Crippen molar-refractivity contribution in [3.8, 4) is 11.4 Å². The number of ketones is 1. The van der Waals surface area contributed by atoms with Crippen molar-refractivity contribution in [1.82, 2.24) is 9.47 Å². The van der Waals surface area contributed by atoms with Crippen LogP contribution in [0.2, 0.25) is 0 Å². The Morgan fingerprint density at radius 3 is 2.32 bits per heavy atom. The molecule has 146 valence electrons. The van der Waals surface area contributed by atoms with Gasteiger partial charge in [0.05, 0.1) is 5.52 Å². The Bertz CT molecular complexity index is 1030. The van der Waals surface area contributed by atoms with Crippen LogP contribution in [0, 0.1) is 13.8 Å². The van der Waals surface area contributed by atoms with Crippen LogP contribution in [-0.4, -0.2) is 33.4 Å². The van der Waals surface area contributed by atoms with E-state index in [-0.39, 0.29) is 11.5 Å². The zero-order valence-electron chi connectivity index (χ0n) is 17.0. The van der Waals surface area contributed by atoms with E-state index in [0.717, 1.165) is 46.5 Å². The molecule has 1 aromatic heterocycles. The van der Waals surface area contributed by atoms with Crippen molar-refractivity contribution in [2.75, 3.05) is 13.1 Å². The molecule has 1 fully saturated rings. The van der Waals surface area contributed by atoms with Gasteiger partial charge >= 0.3 is 0 Å². The zero-order valence-corrected chi connectivity index (χ0v) is 17.0. The highest BCUT2D eigenvalue weighted by Gasteiger charge is 2.24. The number of nitrogens with zero attached hydrogens (tertiary/aromatic N) is 2. The maximum atomic E-state index is 12.6. The Hall–Kier alpha value is -2.59. The van der Waals surface area contributed by atoms with Gasteiger partial charge in [-0.3, -0.25) is 9.69 Å². The highest BCUT2D eigenvalue weighted by atomic mass is 16.3. The summed E-state index contributed by atoms with van der Waals surface area (Å²) in [6.45, 7) is 8.46. The van der Waals surface area contributed by atoms with Gasteiger partial charge in [-0.25, -0.2) is 0 Å². The van der Waals surface area contributed by atoms with E-state index in [0.29, 0.717) is 6.54 Å². The summed E-state index contributed by atoms with van der Waals surface area (Å²) in [5.41, 5.74) is 5.74. The first-order valence-corrected chi connectivity index (χ1v) is 10.1. The molecule has 3 aromatic rings. The topological polar surface area (TPSA) is 45.5 Å². The van der Waals surface area contributed by atoms with Crippen molar-refractivity contribution >= 4 is 16.7 Å². The molecule has 1 saturated heterocycles. The van der Waals surface area contributed by atoms with Crippen molar-refractivity contribution in [3.63, 3.8) is 0 Å². The molecule has 0 unspecified atom stereocenters. The van der Waals surface area contributed by atoms with Crippen LogP contribution in [0.3, 0.4) is 0 Å². The van der Waals surface area contributed by atoms with E-state index >= 15 is 0 Å². The first kappa shape index (κ1) is 18.8. The fourth-order valence-electron chi connectivity index (χ4n) is 4.52. The van der Waals surface area contributed by atoms with Crippen LogP contribution in [0.5, 0.6) is 5.75 Å². The zero-order chi connectivity index (χ0) is 19.8. The largest absolute Gasteiger partial charge is 0.508 e. The van der Waals surface area contributed by atoms with E-state index in [1.54, 1.807) is 13.0 Å². The number of aromatic nitrogens is 1. The maximum absolute atomic E-state index is 12.6. The monoisotopic (exact) mass is 376 g/mol. The molecule has 0 spiro atoms. The van der Waals surface area contributed by atoms with Crippen LogP contribution in [0.4, 0.5) is 0 Å². The third kappa shape index (κ3) is 3.22. The number of fused-ring (bicyclic) bond motifs is 1. The fourth-order valence-corrected chi connectivity index (χ4v) is 4.52. The van der Waals surface area contributed by atoms with E-state index in [4.69, 9.17) is 0 Å². The number of benzene rings is 2. The Balaban J connectivity index is 1.95. The molecular formula is C24H28N2O2. The molecule has 28 heavy (non-hydrogen) atoms. The summed E-state index contributed by atoms with van der Waals surface area (Å²) in [6.07, 6.45) is 3.66. The molecule has 4 nitrogen and oxygen atoms in total. The molecule has 0 amide bonds. The normalized spacial score (nSPS) is 15.2. The van der Waals surface area contributed by atoms with E-state index < -0.39 is 0 Å². The highest BCUT2D eigenvalue weighted by Crippen LogP contribution is 2.37. The van der Waals surface area contributed by atoms with Crippen LogP contribution < -0.4 is 0 Å². The Kier molecular flexibility index (Phi) is 4.98. The van der Waals surface area contributed by atoms with Gasteiger partial charge in [0.1, 0.15) is 5.75 Å². The molecule has 0 aliphatic carbocycles. The highest BCUT2D eigenvalue weighted by molar-refractivity contribution is 6.10. The maximum Gasteiger partial charge on any atom is 0.162 e. The van der Waals surface area contributed by atoms with Gasteiger partial charge in [0.2, 0.25) is 0 Å². The summed E-state index contributed by atoms with van der Waals surface area (Å²) in [7, 11) is 0. The SMILES string of the molecule is CC(=O)c1c(C)n(-c2ccc(C)cc2)c2ccc(O)c(CN3CCCCC3)c12. The predicted molar refractivity (Wildman–Crippen MR) is 114 cm³/mol. The van der Waals surface area contributed by atoms with Crippen molar-refractivity contribution in [1.29, 1.82) is 0 Å². The molecule has 0 atom stereocenters. The Morgan fingerprint density at radius 2 is 1.68 bits per heavy atom. The number of rotatable bonds is 4. The lowest BCUT2D eigenvalue weighted by molar-refractivity contribution is 0.101. The molecule has 4 heteroatoms. The van der Waals surface area contributed by atoms with E-state index in [9.17, 15) is 9.90 Å². The molecule has 1 N–H and O–H groups in total. The number of phenolic OH excluding ortho intramolecular Hbond substituents is 1. The molecule has 2 heterocycles. The van der Waals surface area contributed by atoms with Crippen molar-refractivity contribution in [2.45, 2.75) is 46.6 Å². The number of carbonyl (C=O) groups excluding carboxylic acids is 1. The number of aryl methyl sites for hydroxylation is 1. The molecule has 0 radical (unpaired) electrons. The van der Waals surface area contributed by atoms with Crippen LogP contribution in [0.1, 0.15) is 53.4 Å². The first-order chi connectivity index (χ1) is 13.5. The summed E-state index contributed by atoms with van der Waals surface area (Å²) in [6, 6.07) is 12.1. The number of aromatic hydroxyl groups is 1. The van der Waals surface area contributed by atoms with Gasteiger partial charge < -0.3 is 9.67 Å². The molecule has 4 rings (SSSR count). The van der Waals surface area contributed by atoms with Gasteiger partial charge in [0, 0.05) is 34.4 Å². The number of hydrogen-bond donors (Lipinski definition) is 1. The number of likely N-dealkylation sites (tertiary alicyclic amines) is 1.